The summed E-state index contributed by atoms with van der Waals surface area (Å²) in [5, 5.41) is 14.9. The fourth-order valence-electron chi connectivity index (χ4n) is 0.341. The first-order chi connectivity index (χ1) is 7.91. The summed E-state index contributed by atoms with van der Waals surface area (Å²) in [5.41, 5.74) is 0. The Bertz CT molecular complexity index is 434. The molecule has 0 aliphatic carbocycles. The van der Waals surface area contributed by atoms with Gasteiger partial charge < -0.3 is 9.11 Å². The molecule has 0 aromatic carbocycles. The van der Waals surface area contributed by atoms with E-state index in [1.807, 2.05) is 0 Å². The first kappa shape index (κ1) is 28.8. The molecule has 108 valence electrons. The van der Waals surface area contributed by atoms with Gasteiger partial charge in [0.25, 0.3) is 0 Å². The van der Waals surface area contributed by atoms with Crippen molar-refractivity contribution < 1.29 is 115 Å². The van der Waals surface area contributed by atoms with Crippen molar-refractivity contribution in [3.63, 3.8) is 0 Å². The van der Waals surface area contributed by atoms with Crippen LogP contribution in [-0.2, 0) is 39.6 Å². The molecular weight excluding hydrogens is 350 g/mol. The van der Waals surface area contributed by atoms with E-state index in [1.54, 1.807) is 0 Å². The molecule has 2 N–H and O–H groups in total. The number of carbonyl (C=O) groups excluding carboxylic acids is 2. The van der Waals surface area contributed by atoms with Crippen LogP contribution in [0.2, 0.25) is 0 Å². The second kappa shape index (κ2) is 13.4. The van der Waals surface area contributed by atoms with Gasteiger partial charge in [-0.1, -0.05) is 0 Å². The normalized spacial score (nSPS) is 9.80. The second-order valence-corrected chi connectivity index (χ2v) is 5.14. The van der Waals surface area contributed by atoms with Gasteiger partial charge in [0, 0.05) is 0 Å². The molecule has 16 heteroatoms. The van der Waals surface area contributed by atoms with Crippen molar-refractivity contribution in [2.75, 3.05) is 11.5 Å². The maximum absolute atomic E-state index is 9.78. The summed E-state index contributed by atoms with van der Waals surface area (Å²) in [6.45, 7) is 0. The van der Waals surface area contributed by atoms with Gasteiger partial charge in [-0.25, -0.2) is 26.4 Å². The zero-order valence-electron chi connectivity index (χ0n) is 10.2. The van der Waals surface area contributed by atoms with Crippen LogP contribution in [0.1, 0.15) is 0 Å². The van der Waals surface area contributed by atoms with E-state index in [2.05, 4.69) is 9.78 Å². The predicted molar refractivity (Wildman–Crippen MR) is 46.6 cm³/mol. The third-order valence-corrected chi connectivity index (χ3v) is 1.97. The van der Waals surface area contributed by atoms with E-state index in [9.17, 15) is 35.5 Å². The van der Waals surface area contributed by atoms with Crippen LogP contribution in [0.5, 0.6) is 0 Å². The van der Waals surface area contributed by atoms with E-state index in [4.69, 9.17) is 10.5 Å². The van der Waals surface area contributed by atoms with Crippen LogP contribution in [0.15, 0.2) is 0 Å². The maximum Gasteiger partial charge on any atom is 1.00 e. The standard InChI is InChI=1S/2C2H4O6S.2Na/c2*3-2(8-4)1-9(5,6)7;;/h2*4H,1H2,(H,5,6,7);;/q;;2*+1/p-2. The summed E-state index contributed by atoms with van der Waals surface area (Å²) < 4.78 is 57.8. The molecule has 0 saturated carbocycles. The van der Waals surface area contributed by atoms with Crippen molar-refractivity contribution in [1.29, 1.82) is 0 Å². The average Bonchev–Trinajstić information content (AvgIpc) is 2.13. The maximum atomic E-state index is 9.78. The fourth-order valence-corrected chi connectivity index (χ4v) is 1.02. The van der Waals surface area contributed by atoms with Gasteiger partial charge >= 0.3 is 71.1 Å². The monoisotopic (exact) mass is 356 g/mol. The molecule has 0 radical (unpaired) electrons. The van der Waals surface area contributed by atoms with Gasteiger partial charge in [0.15, 0.2) is 0 Å². The van der Waals surface area contributed by atoms with Gasteiger partial charge in [-0.15, -0.1) is 0 Å². The van der Waals surface area contributed by atoms with Gasteiger partial charge in [-0.2, -0.15) is 10.5 Å². The van der Waals surface area contributed by atoms with Gasteiger partial charge in [0.1, 0.15) is 31.7 Å². The van der Waals surface area contributed by atoms with Gasteiger partial charge in [0.05, 0.1) is 0 Å². The van der Waals surface area contributed by atoms with Crippen molar-refractivity contribution in [2.24, 2.45) is 0 Å². The minimum Gasteiger partial charge on any atom is -0.748 e. The third kappa shape index (κ3) is 27.1. The molecule has 0 aliphatic heterocycles. The van der Waals surface area contributed by atoms with Gasteiger partial charge in [0.2, 0.25) is 0 Å². The molecule has 0 rings (SSSR count). The molecular formula is C4H6Na2O12S2. The van der Waals surface area contributed by atoms with E-state index in [0.29, 0.717) is 0 Å². The van der Waals surface area contributed by atoms with Crippen LogP contribution >= 0.6 is 0 Å². The van der Waals surface area contributed by atoms with Crippen LogP contribution in [-0.4, -0.2) is 59.9 Å². The molecule has 0 heterocycles. The Morgan fingerprint density at radius 3 is 1.05 bits per heavy atom. The molecule has 20 heavy (non-hydrogen) atoms. The van der Waals surface area contributed by atoms with Gasteiger partial charge in [-0.3, -0.25) is 9.78 Å². The first-order valence-corrected chi connectivity index (χ1v) is 6.62. The molecule has 0 spiro atoms. The van der Waals surface area contributed by atoms with E-state index >= 15 is 0 Å². The Kier molecular flexibility index (Phi) is 19.2. The third-order valence-electron chi connectivity index (χ3n) is 0.793. The van der Waals surface area contributed by atoms with Crippen molar-refractivity contribution in [3.8, 4) is 0 Å². The zero-order valence-corrected chi connectivity index (χ0v) is 15.8. The number of hydrogen-bond donors (Lipinski definition) is 2. The minimum atomic E-state index is -4.62. The molecule has 0 bridgehead atoms. The average molecular weight is 356 g/mol. The van der Waals surface area contributed by atoms with Crippen LogP contribution in [0.3, 0.4) is 0 Å². The molecule has 0 aromatic heterocycles. The Morgan fingerprint density at radius 2 is 1.00 bits per heavy atom. The molecule has 0 atom stereocenters. The smallest absolute Gasteiger partial charge is 0.748 e. The minimum absolute atomic E-state index is 0. The van der Waals surface area contributed by atoms with Crippen LogP contribution < -0.4 is 59.1 Å². The second-order valence-electron chi connectivity index (χ2n) is 2.33. The quantitative estimate of drug-likeness (QED) is 0.208. The van der Waals surface area contributed by atoms with Crippen LogP contribution in [0.4, 0.5) is 0 Å². The fraction of sp³-hybridized carbons (Fsp3) is 0.500. The molecule has 0 fully saturated rings. The summed E-state index contributed by atoms with van der Waals surface area (Å²) in [7, 11) is -9.24. The summed E-state index contributed by atoms with van der Waals surface area (Å²) in [6, 6.07) is 0. The summed E-state index contributed by atoms with van der Waals surface area (Å²) in [6.07, 6.45) is 0. The molecule has 0 aliphatic rings. The van der Waals surface area contributed by atoms with Crippen LogP contribution in [0.25, 0.3) is 0 Å². The summed E-state index contributed by atoms with van der Waals surface area (Å²) >= 11 is 0. The Labute approximate surface area is 157 Å². The molecule has 0 amide bonds. The van der Waals surface area contributed by atoms with E-state index in [-0.39, 0.29) is 59.1 Å². The van der Waals surface area contributed by atoms with Gasteiger partial charge in [-0.05, 0) is 0 Å². The first-order valence-electron chi connectivity index (χ1n) is 3.47. The Balaban J connectivity index is -0.000000116. The van der Waals surface area contributed by atoms with E-state index in [0.717, 1.165) is 0 Å². The number of carbonyl (C=O) groups is 2. The van der Waals surface area contributed by atoms with E-state index in [1.165, 1.54) is 0 Å². The Hall–Kier alpha value is 0.680. The topological polar surface area (TPSA) is 207 Å². The largest absolute Gasteiger partial charge is 1.00 e. The van der Waals surface area contributed by atoms with Crippen molar-refractivity contribution in [1.82, 2.24) is 0 Å². The predicted octanol–water partition coefficient (Wildman–Crippen LogP) is -8.90. The van der Waals surface area contributed by atoms with E-state index < -0.39 is 43.7 Å². The zero-order chi connectivity index (χ0) is 15.0. The number of rotatable bonds is 4. The van der Waals surface area contributed by atoms with Crippen LogP contribution in [0, 0.1) is 0 Å². The summed E-state index contributed by atoms with van der Waals surface area (Å²) in [4.78, 5) is 25.4. The molecule has 12 nitrogen and oxygen atoms in total. The Morgan fingerprint density at radius 1 is 0.800 bits per heavy atom. The van der Waals surface area contributed by atoms with Crippen molar-refractivity contribution >= 4 is 32.2 Å². The molecule has 0 aromatic rings. The van der Waals surface area contributed by atoms with Crippen molar-refractivity contribution in [3.05, 3.63) is 0 Å². The number of hydrogen-bond acceptors (Lipinski definition) is 12. The molecule has 0 unspecified atom stereocenters. The summed E-state index contributed by atoms with van der Waals surface area (Å²) in [5.74, 6) is -5.65. The molecule has 0 saturated heterocycles. The SMILES string of the molecule is O=C(CS(=O)(=O)[O-])OO.O=C(CS(=O)(=O)[O-])OO.[Na+].[Na+]. The van der Waals surface area contributed by atoms with Crippen molar-refractivity contribution in [2.45, 2.75) is 0 Å².